The molecule has 0 amide bonds. The fourth-order valence-corrected chi connectivity index (χ4v) is 11.8. The Balaban J connectivity index is 1.02. The molecular weight excluding hydrogens is 1070 g/mol. The molecule has 5 fully saturated rings. The van der Waals surface area contributed by atoms with Gasteiger partial charge >= 0.3 is 5.97 Å². The molecule has 6 aliphatic rings. The molecule has 0 saturated carbocycles. The zero-order chi connectivity index (χ0) is 59.3. The molecule has 2 aromatic rings. The lowest BCUT2D eigenvalue weighted by atomic mass is 9.75. The van der Waals surface area contributed by atoms with Crippen molar-refractivity contribution in [1.82, 2.24) is 0 Å². The molecule has 0 spiro atoms. The lowest BCUT2D eigenvalue weighted by molar-refractivity contribution is -0.337. The van der Waals surface area contributed by atoms with Crippen LogP contribution in [0.15, 0.2) is 24.8 Å². The number of hydrogen-bond acceptors (Lipinski definition) is 25. The Morgan fingerprint density at radius 2 is 1.30 bits per heavy atom. The predicted octanol–water partition coefficient (Wildman–Crippen LogP) is 0.878. The van der Waals surface area contributed by atoms with Gasteiger partial charge in [0.15, 0.2) is 36.7 Å². The van der Waals surface area contributed by atoms with Gasteiger partial charge in [0.1, 0.15) is 72.2 Å². The van der Waals surface area contributed by atoms with E-state index in [1.54, 1.807) is 27.7 Å². The van der Waals surface area contributed by atoms with Gasteiger partial charge in [0.05, 0.1) is 77.9 Å². The third-order valence-electron chi connectivity index (χ3n) is 16.4. The van der Waals surface area contributed by atoms with Crippen molar-refractivity contribution in [2.75, 3.05) is 7.11 Å². The van der Waals surface area contributed by atoms with Crippen LogP contribution in [-0.4, -0.2) is 223 Å². The molecular formula is C56H80O25. The van der Waals surface area contributed by atoms with Gasteiger partial charge in [-0.05, 0) is 84.9 Å². The van der Waals surface area contributed by atoms with E-state index in [4.69, 9.17) is 56.8 Å². The Bertz CT molecular complexity index is 2550. The lowest BCUT2D eigenvalue weighted by Gasteiger charge is -2.46. The van der Waals surface area contributed by atoms with Crippen molar-refractivity contribution in [2.45, 2.75) is 247 Å². The van der Waals surface area contributed by atoms with Gasteiger partial charge in [0.2, 0.25) is 6.29 Å². The van der Waals surface area contributed by atoms with Crippen LogP contribution < -0.4 is 4.74 Å². The maximum atomic E-state index is 15.1. The summed E-state index contributed by atoms with van der Waals surface area (Å²) in [6.45, 7) is 15.7. The molecule has 2 aromatic carbocycles. The molecule has 25 nitrogen and oxygen atoms in total. The van der Waals surface area contributed by atoms with Crippen molar-refractivity contribution >= 4 is 28.3 Å². The van der Waals surface area contributed by atoms with Crippen LogP contribution in [0, 0.1) is 12.8 Å². The SMILES string of the molecule is C=CCC(=O)O[C@@H]1C[C@H](O[C@H]2C[C@H](Oc3cc4cc5c(c(O)c4c(O)c3C)C(=O)[C@@H](O[C@H]3C[C@@H](O[C@@H]4C[C@@H](O)[C@@H](O[C@H]6C[C@](C)(O)[C@H](O)[C@@H](C)O6)[C@@H](C)O4)[C@H](O)[C@@H](C)O3)[C@H]([C@H](OC)C(=O)[C@@H](O)[C@@H](C)O)C5)O[C@H](C)[C@H]2O)O[C@H](C)[C@H]1O. The number of carbonyl (C=O) groups is 3. The smallest absolute Gasteiger partial charge is 0.309 e. The van der Waals surface area contributed by atoms with E-state index in [0.717, 1.165) is 0 Å². The monoisotopic (exact) mass is 1150 g/mol. The first-order valence-electron chi connectivity index (χ1n) is 27.6. The minimum absolute atomic E-state index is 0.0482. The number of fused-ring (bicyclic) bond motifs is 2. The number of phenols is 2. The molecule has 0 unspecified atom stereocenters. The highest BCUT2D eigenvalue weighted by Crippen LogP contribution is 2.48. The number of aliphatic hydroxyl groups is 8. The average Bonchev–Trinajstić information content (AvgIpc) is 2.78. The fraction of sp³-hybridized carbons (Fsp3) is 0.732. The van der Waals surface area contributed by atoms with E-state index in [1.165, 1.54) is 53.0 Å². The van der Waals surface area contributed by atoms with Crippen LogP contribution in [0.1, 0.15) is 108 Å². The zero-order valence-electron chi connectivity index (χ0n) is 46.8. The minimum Gasteiger partial charge on any atom is -0.507 e. The molecule has 81 heavy (non-hydrogen) atoms. The first-order valence-corrected chi connectivity index (χ1v) is 27.6. The third kappa shape index (κ3) is 13.4. The van der Waals surface area contributed by atoms with Gasteiger partial charge in [-0.15, -0.1) is 6.58 Å². The predicted molar refractivity (Wildman–Crippen MR) is 277 cm³/mol. The minimum atomic E-state index is -1.96. The van der Waals surface area contributed by atoms with E-state index in [2.05, 4.69) is 6.58 Å². The maximum Gasteiger partial charge on any atom is 0.309 e. The first kappa shape index (κ1) is 63.0. The summed E-state index contributed by atoms with van der Waals surface area (Å²) in [5, 5.41) is 111. The van der Waals surface area contributed by atoms with E-state index < -0.39 is 182 Å². The average molecular weight is 1150 g/mol. The summed E-state index contributed by atoms with van der Waals surface area (Å²) in [5.74, 6) is -4.74. The normalized spacial score (nSPS) is 40.5. The largest absolute Gasteiger partial charge is 0.507 e. The van der Waals surface area contributed by atoms with Crippen LogP contribution >= 0.6 is 0 Å². The van der Waals surface area contributed by atoms with Crippen molar-refractivity contribution < 1.29 is 122 Å². The molecule has 25 heteroatoms. The maximum absolute atomic E-state index is 15.1. The number of hydrogen-bond donors (Lipinski definition) is 10. The van der Waals surface area contributed by atoms with E-state index in [-0.39, 0.29) is 78.2 Å². The molecule has 0 bridgehead atoms. The number of ketones is 2. The summed E-state index contributed by atoms with van der Waals surface area (Å²) < 4.78 is 72.3. The van der Waals surface area contributed by atoms with Crippen LogP contribution in [-0.2, 0) is 68.1 Å². The Kier molecular flexibility index (Phi) is 19.9. The number of rotatable bonds is 18. The van der Waals surface area contributed by atoms with Crippen LogP contribution in [0.25, 0.3) is 10.8 Å². The van der Waals surface area contributed by atoms with Crippen molar-refractivity contribution in [3.8, 4) is 17.2 Å². The van der Waals surface area contributed by atoms with Crippen LogP contribution in [0.4, 0.5) is 0 Å². The van der Waals surface area contributed by atoms with Crippen LogP contribution in [0.2, 0.25) is 0 Å². The number of phenolic OH excluding ortho intramolecular Hbond substituents is 2. The molecule has 5 saturated heterocycles. The quantitative estimate of drug-likeness (QED) is 0.0731. The molecule has 10 N–H and O–H groups in total. The number of carbonyl (C=O) groups excluding carboxylic acids is 3. The van der Waals surface area contributed by atoms with Gasteiger partial charge < -0.3 is 108 Å². The van der Waals surface area contributed by atoms with Gasteiger partial charge in [0.25, 0.3) is 0 Å². The van der Waals surface area contributed by atoms with Gasteiger partial charge in [-0.3, -0.25) is 14.4 Å². The number of methoxy groups -OCH3 is 1. The van der Waals surface area contributed by atoms with Crippen molar-refractivity contribution in [2.24, 2.45) is 5.92 Å². The van der Waals surface area contributed by atoms with Crippen LogP contribution in [0.3, 0.4) is 0 Å². The fourth-order valence-electron chi connectivity index (χ4n) is 11.8. The van der Waals surface area contributed by atoms with Crippen molar-refractivity contribution in [3.63, 3.8) is 0 Å². The molecule has 8 rings (SSSR count). The number of esters is 1. The number of benzene rings is 2. The van der Waals surface area contributed by atoms with Crippen LogP contribution in [0.5, 0.6) is 17.2 Å². The molecule has 0 radical (unpaired) electrons. The second kappa shape index (κ2) is 25.6. The Morgan fingerprint density at radius 3 is 1.88 bits per heavy atom. The second-order valence-electron chi connectivity index (χ2n) is 22.7. The van der Waals surface area contributed by atoms with E-state index in [0.29, 0.717) is 0 Å². The standard InChI is InChI=1S/C56H80O25/c1-11-12-36(59)76-33-17-39(72-23(4)46(33)62)79-34-18-38(71-24(5)47(34)63)77-32-15-29-13-28-14-30(53(70-10)51(67)45(61)22(3)57)54(50(66)43(28)49(65)42(29)44(60)21(32)2)80-40-19-35(48(64)25(6)73-40)78-37-16-31(58)52(26(7)74-37)81-41-20-56(9,69)55(68)27(8)75-41/h11,13,15,22-27,30-31,33-35,37-41,45-48,52-55,57-58,60-65,68-69H,1,12,14,16-20H2,2-10H3/t22-,23-,24-,25-,26-,27-,30+,31-,33-,34+,35-,37-,38+,39+,40+,41+,45+,46-,47-,48-,52+,53+,54+,55-,56+/m1/s1. The van der Waals surface area contributed by atoms with E-state index in [1.807, 2.05) is 0 Å². The molecule has 25 atom stereocenters. The summed E-state index contributed by atoms with van der Waals surface area (Å²) in [6.07, 6.45) is -26.0. The summed E-state index contributed by atoms with van der Waals surface area (Å²) in [7, 11) is 1.18. The topological polar surface area (TPSA) is 364 Å². The summed E-state index contributed by atoms with van der Waals surface area (Å²) in [6, 6.07) is 3.02. The number of aliphatic hydroxyl groups excluding tert-OH is 7. The van der Waals surface area contributed by atoms with E-state index in [9.17, 15) is 60.7 Å². The Morgan fingerprint density at radius 1 is 0.753 bits per heavy atom. The van der Waals surface area contributed by atoms with E-state index >= 15 is 4.79 Å². The molecule has 0 aromatic heterocycles. The number of ether oxygens (including phenoxy) is 12. The van der Waals surface area contributed by atoms with Gasteiger partial charge in [0, 0.05) is 50.7 Å². The second-order valence-corrected chi connectivity index (χ2v) is 22.7. The zero-order valence-corrected chi connectivity index (χ0v) is 46.8. The van der Waals surface area contributed by atoms with Gasteiger partial charge in [-0.1, -0.05) is 6.08 Å². The number of Topliss-reactive ketones (excluding diaryl/α,β-unsaturated/α-hetero) is 2. The molecule has 454 valence electrons. The van der Waals surface area contributed by atoms with Gasteiger partial charge in [-0.2, -0.15) is 0 Å². The molecule has 5 aliphatic heterocycles. The molecule has 1 aliphatic carbocycles. The number of aromatic hydroxyl groups is 2. The van der Waals surface area contributed by atoms with Crippen molar-refractivity contribution in [1.29, 1.82) is 0 Å². The van der Waals surface area contributed by atoms with Crippen molar-refractivity contribution in [3.05, 3.63) is 41.5 Å². The first-order chi connectivity index (χ1) is 38.1. The highest BCUT2D eigenvalue weighted by atomic mass is 16.7. The highest BCUT2D eigenvalue weighted by Gasteiger charge is 2.52. The molecule has 5 heterocycles. The summed E-state index contributed by atoms with van der Waals surface area (Å²) in [4.78, 5) is 41.3. The third-order valence-corrected chi connectivity index (χ3v) is 16.4. The highest BCUT2D eigenvalue weighted by molar-refractivity contribution is 6.11. The Hall–Kier alpha value is -4.07. The summed E-state index contributed by atoms with van der Waals surface area (Å²) in [5.41, 5.74) is -1.49. The summed E-state index contributed by atoms with van der Waals surface area (Å²) >= 11 is 0. The lowest BCUT2D eigenvalue weighted by Crippen LogP contribution is -2.58. The Labute approximate surface area is 468 Å². The van der Waals surface area contributed by atoms with Gasteiger partial charge in [-0.25, -0.2) is 0 Å².